The summed E-state index contributed by atoms with van der Waals surface area (Å²) in [6, 6.07) is 23.1. The number of benzene rings is 4. The van der Waals surface area contributed by atoms with Crippen LogP contribution in [-0.4, -0.2) is 70.7 Å². The summed E-state index contributed by atoms with van der Waals surface area (Å²) in [5.74, 6) is -0.167. The van der Waals surface area contributed by atoms with Crippen LogP contribution in [-0.2, 0) is 28.9 Å². The van der Waals surface area contributed by atoms with E-state index in [0.29, 0.717) is 39.4 Å². The summed E-state index contributed by atoms with van der Waals surface area (Å²) in [7, 11) is -4.71. The van der Waals surface area contributed by atoms with Crippen molar-refractivity contribution < 1.29 is 27.5 Å². The van der Waals surface area contributed by atoms with Crippen LogP contribution in [0.15, 0.2) is 85.2 Å². The minimum atomic E-state index is -4.71. The molecule has 0 saturated carbocycles. The van der Waals surface area contributed by atoms with Gasteiger partial charge in [0.05, 0.1) is 6.33 Å². The van der Waals surface area contributed by atoms with E-state index in [-0.39, 0.29) is 36.1 Å². The van der Waals surface area contributed by atoms with Crippen molar-refractivity contribution in [2.24, 2.45) is 5.14 Å². The van der Waals surface area contributed by atoms with Crippen molar-refractivity contribution in [3.8, 4) is 17.4 Å². The highest BCUT2D eigenvalue weighted by molar-refractivity contribution is 7.87. The molecule has 1 spiro atoms. The van der Waals surface area contributed by atoms with Gasteiger partial charge in [-0.25, -0.2) is 14.4 Å². The molecule has 304 valence electrons. The van der Waals surface area contributed by atoms with E-state index < -0.39 is 27.6 Å². The second-order valence-electron chi connectivity index (χ2n) is 14.2. The Balaban J connectivity index is 1.14. The van der Waals surface area contributed by atoms with Crippen molar-refractivity contribution in [3.05, 3.63) is 124 Å². The van der Waals surface area contributed by atoms with E-state index in [4.69, 9.17) is 20.3 Å². The fourth-order valence-electron chi connectivity index (χ4n) is 8.10. The van der Waals surface area contributed by atoms with Crippen molar-refractivity contribution in [1.82, 2.24) is 29.6 Å². The summed E-state index contributed by atoms with van der Waals surface area (Å²) < 4.78 is 40.7. The van der Waals surface area contributed by atoms with Gasteiger partial charge < -0.3 is 35.3 Å². The molecule has 6 N–H and O–H groups in total. The van der Waals surface area contributed by atoms with Crippen LogP contribution in [0, 0.1) is 0 Å². The lowest BCUT2D eigenvalue weighted by molar-refractivity contribution is 0.0825. The first kappa shape index (κ1) is 39.1. The fourth-order valence-corrected chi connectivity index (χ4v) is 9.10. The number of aromatic nitrogens is 4. The molecule has 0 bridgehead atoms. The maximum absolute atomic E-state index is 14.4. The number of imidazole rings is 1. The molecule has 0 fully saturated rings. The molecule has 17 heteroatoms. The first-order valence-electron chi connectivity index (χ1n) is 19.3. The summed E-state index contributed by atoms with van der Waals surface area (Å²) in [5.41, 5.74) is 9.76. The molecule has 8 rings (SSSR count). The number of nitrogens with one attached hydrogen (secondary N) is 2. The number of carbonyl (C=O) groups excluding carboxylic acids is 2. The van der Waals surface area contributed by atoms with Gasteiger partial charge in [0.1, 0.15) is 29.2 Å². The Hall–Kier alpha value is -6.72. The fraction of sp³-hybridized carbons (Fsp3) is 0.262. The molecule has 59 heavy (non-hydrogen) atoms. The third kappa shape index (κ3) is 6.71. The summed E-state index contributed by atoms with van der Waals surface area (Å²) >= 11 is 0. The van der Waals surface area contributed by atoms with Crippen LogP contribution in [0.3, 0.4) is 0 Å². The third-order valence-corrected chi connectivity index (χ3v) is 11.9. The minimum absolute atomic E-state index is 0.0499. The summed E-state index contributed by atoms with van der Waals surface area (Å²) in [6.07, 6.45) is 1.49. The van der Waals surface area contributed by atoms with Crippen LogP contribution in [0.25, 0.3) is 11.2 Å². The van der Waals surface area contributed by atoms with E-state index >= 15 is 0 Å². The Morgan fingerprint density at radius 3 is 2.05 bits per heavy atom. The number of H-pyrrole nitrogens is 1. The van der Waals surface area contributed by atoms with E-state index in [9.17, 15) is 18.0 Å². The number of hydrogen-bond acceptors (Lipinski definition) is 12. The number of nitrogens with two attached hydrogens (primary N) is 2. The zero-order valence-corrected chi connectivity index (χ0v) is 33.8. The summed E-state index contributed by atoms with van der Waals surface area (Å²) in [6.45, 7) is 11.4. The SMILES string of the molecule is CCN(CC)c1ccc2c(c1)Oc1cc(N(CC)CC)ccc1C21c2cc(C(=O)NCc3ccc(COc4nc(N)nc5nc[nH]c45)cc3)ccc2C(=O)N1S(N)(=O)=O. The number of nitrogen functional groups attached to an aromatic ring is 1. The Morgan fingerprint density at radius 1 is 0.847 bits per heavy atom. The highest BCUT2D eigenvalue weighted by Gasteiger charge is 2.60. The van der Waals surface area contributed by atoms with Gasteiger partial charge in [0.2, 0.25) is 11.8 Å². The molecule has 16 nitrogen and oxygen atoms in total. The molecule has 2 aliphatic heterocycles. The van der Waals surface area contributed by atoms with Gasteiger partial charge in [0.15, 0.2) is 5.65 Å². The van der Waals surface area contributed by atoms with E-state index in [1.807, 2.05) is 76.2 Å². The number of hydrogen-bond donors (Lipinski definition) is 4. The monoisotopic (exact) mass is 816 g/mol. The van der Waals surface area contributed by atoms with Crippen LogP contribution in [0.1, 0.15) is 76.2 Å². The predicted molar refractivity (Wildman–Crippen MR) is 224 cm³/mol. The van der Waals surface area contributed by atoms with Crippen LogP contribution < -0.4 is 35.5 Å². The van der Waals surface area contributed by atoms with Crippen LogP contribution in [0.4, 0.5) is 17.3 Å². The molecule has 0 atom stereocenters. The summed E-state index contributed by atoms with van der Waals surface area (Å²) in [4.78, 5) is 47.9. The Morgan fingerprint density at radius 2 is 1.46 bits per heavy atom. The molecule has 0 saturated heterocycles. The van der Waals surface area contributed by atoms with Gasteiger partial charge in [-0.1, -0.05) is 36.4 Å². The van der Waals surface area contributed by atoms with Crippen molar-refractivity contribution in [2.45, 2.75) is 46.4 Å². The number of anilines is 3. The number of aromatic amines is 1. The minimum Gasteiger partial charge on any atom is -0.471 e. The maximum atomic E-state index is 14.4. The lowest BCUT2D eigenvalue weighted by Crippen LogP contribution is -2.52. The molecule has 0 radical (unpaired) electrons. The van der Waals surface area contributed by atoms with E-state index in [2.05, 4.69) is 35.1 Å². The lowest BCUT2D eigenvalue weighted by atomic mass is 9.75. The van der Waals surface area contributed by atoms with Gasteiger partial charge in [-0.15, -0.1) is 0 Å². The average molecular weight is 817 g/mol. The van der Waals surface area contributed by atoms with Crippen LogP contribution in [0.5, 0.6) is 17.4 Å². The highest BCUT2D eigenvalue weighted by atomic mass is 32.2. The number of nitrogens with zero attached hydrogens (tertiary/aromatic N) is 6. The third-order valence-electron chi connectivity index (χ3n) is 11.0. The van der Waals surface area contributed by atoms with Crippen molar-refractivity contribution >= 4 is 50.5 Å². The zero-order valence-electron chi connectivity index (χ0n) is 33.0. The van der Waals surface area contributed by atoms with Crippen molar-refractivity contribution in [2.75, 3.05) is 41.7 Å². The van der Waals surface area contributed by atoms with Crippen molar-refractivity contribution in [1.29, 1.82) is 0 Å². The average Bonchev–Trinajstić information content (AvgIpc) is 3.80. The molecule has 4 aromatic carbocycles. The molecule has 2 aliphatic rings. The van der Waals surface area contributed by atoms with Gasteiger partial charge in [0.25, 0.3) is 11.8 Å². The molecule has 2 aromatic heterocycles. The molecular formula is C42H44N10O6S. The van der Waals surface area contributed by atoms with Crippen molar-refractivity contribution in [3.63, 3.8) is 0 Å². The quantitative estimate of drug-likeness (QED) is 0.119. The van der Waals surface area contributed by atoms with E-state index in [0.717, 1.165) is 53.0 Å². The Labute approximate surface area is 341 Å². The number of ether oxygens (including phenoxy) is 2. The first-order chi connectivity index (χ1) is 28.4. The van der Waals surface area contributed by atoms with Gasteiger partial charge in [-0.2, -0.15) is 18.4 Å². The zero-order chi connectivity index (χ0) is 41.6. The molecule has 4 heterocycles. The number of amides is 2. The standard InChI is InChI=1S/C42H44N10O6S/c1-5-50(6-2)28-14-17-31-34(20-28)58-35-21-29(51(7-3)8-4)15-18-32(35)42(31)33-19-27(13-16-30(33)40(54)52(42)59(44,55)56)38(53)45-22-25-9-11-26(12-10-25)23-57-39-36-37(47-24-46-36)48-41(43)49-39/h9-21,24H,5-8,22-23H2,1-4H3,(H,45,53)(H2,44,55,56)(H3,43,46,47,48,49). The van der Waals surface area contributed by atoms with Gasteiger partial charge >= 0.3 is 10.2 Å². The molecule has 0 unspecified atom stereocenters. The van der Waals surface area contributed by atoms with Gasteiger partial charge in [-0.3, -0.25) is 9.59 Å². The lowest BCUT2D eigenvalue weighted by Gasteiger charge is -2.43. The number of rotatable bonds is 13. The number of carbonyl (C=O) groups is 2. The second kappa shape index (κ2) is 15.2. The van der Waals surface area contributed by atoms with E-state index in [1.54, 1.807) is 18.2 Å². The normalized spacial score (nSPS) is 13.8. The van der Waals surface area contributed by atoms with Gasteiger partial charge in [0, 0.05) is 84.0 Å². The Kier molecular flexibility index (Phi) is 10.1. The van der Waals surface area contributed by atoms with E-state index in [1.165, 1.54) is 18.5 Å². The topological polar surface area (TPSA) is 215 Å². The maximum Gasteiger partial charge on any atom is 0.302 e. The smallest absolute Gasteiger partial charge is 0.302 e. The summed E-state index contributed by atoms with van der Waals surface area (Å²) in [5, 5.41) is 8.95. The van der Waals surface area contributed by atoms with Crippen LogP contribution in [0.2, 0.25) is 0 Å². The first-order valence-corrected chi connectivity index (χ1v) is 20.9. The van der Waals surface area contributed by atoms with Gasteiger partial charge in [-0.05, 0) is 69.2 Å². The molecule has 0 aliphatic carbocycles. The largest absolute Gasteiger partial charge is 0.471 e. The number of fused-ring (bicyclic) bond motifs is 7. The Bertz CT molecular complexity index is 2650. The highest BCUT2D eigenvalue weighted by Crippen LogP contribution is 2.59. The predicted octanol–water partition coefficient (Wildman–Crippen LogP) is 5.19. The second-order valence-corrected chi connectivity index (χ2v) is 15.6. The molecular weight excluding hydrogens is 773 g/mol. The van der Waals surface area contributed by atoms with Crippen LogP contribution >= 0.6 is 0 Å². The molecule has 6 aromatic rings. The molecule has 2 amide bonds.